The standard InChI is InChI=1S/C14H15ClFNS/c1-8-4-5-10(16)6-11(8)13(17-3)14-12(15)9(2)7-18-14/h4-7,13,17H,1-3H3. The summed E-state index contributed by atoms with van der Waals surface area (Å²) in [5, 5.41) is 6.01. The first-order valence-corrected chi connectivity index (χ1v) is 6.97. The van der Waals surface area contributed by atoms with Crippen molar-refractivity contribution in [3.63, 3.8) is 0 Å². The van der Waals surface area contributed by atoms with Gasteiger partial charge in [-0.15, -0.1) is 11.3 Å². The fraction of sp³-hybridized carbons (Fsp3) is 0.286. The molecule has 2 rings (SSSR count). The van der Waals surface area contributed by atoms with Gasteiger partial charge in [-0.25, -0.2) is 4.39 Å². The first-order chi connectivity index (χ1) is 8.54. The van der Waals surface area contributed by atoms with Crippen molar-refractivity contribution in [3.8, 4) is 0 Å². The summed E-state index contributed by atoms with van der Waals surface area (Å²) in [6.45, 7) is 3.96. The molecule has 1 aromatic carbocycles. The topological polar surface area (TPSA) is 12.0 Å². The molecule has 0 amide bonds. The molecule has 0 fully saturated rings. The van der Waals surface area contributed by atoms with Crippen LogP contribution in [0.1, 0.15) is 27.6 Å². The normalized spacial score (nSPS) is 12.7. The minimum atomic E-state index is -0.222. The van der Waals surface area contributed by atoms with Crippen LogP contribution in [0.3, 0.4) is 0 Å². The van der Waals surface area contributed by atoms with Crippen molar-refractivity contribution in [2.75, 3.05) is 7.05 Å². The summed E-state index contributed by atoms with van der Waals surface area (Å²) in [5.41, 5.74) is 3.05. The zero-order chi connectivity index (χ0) is 13.3. The first-order valence-electron chi connectivity index (χ1n) is 5.71. The Morgan fingerprint density at radius 2 is 2.00 bits per heavy atom. The molecule has 1 N–H and O–H groups in total. The molecule has 1 atom stereocenters. The number of rotatable bonds is 3. The van der Waals surface area contributed by atoms with Crippen molar-refractivity contribution >= 4 is 22.9 Å². The molecule has 1 nitrogen and oxygen atoms in total. The monoisotopic (exact) mass is 283 g/mol. The van der Waals surface area contributed by atoms with Crippen molar-refractivity contribution in [3.05, 3.63) is 56.0 Å². The Bertz CT molecular complexity index is 565. The first kappa shape index (κ1) is 13.5. The maximum absolute atomic E-state index is 13.4. The van der Waals surface area contributed by atoms with E-state index in [1.165, 1.54) is 6.07 Å². The summed E-state index contributed by atoms with van der Waals surface area (Å²) in [5.74, 6) is -0.222. The summed E-state index contributed by atoms with van der Waals surface area (Å²) in [6.07, 6.45) is 0. The highest BCUT2D eigenvalue weighted by Crippen LogP contribution is 2.36. The third kappa shape index (κ3) is 2.44. The molecule has 0 saturated heterocycles. The van der Waals surface area contributed by atoms with Crippen LogP contribution in [0, 0.1) is 19.7 Å². The fourth-order valence-corrected chi connectivity index (χ4v) is 3.42. The Labute approximate surface area is 116 Å². The Hall–Kier alpha value is -0.900. The summed E-state index contributed by atoms with van der Waals surface area (Å²) < 4.78 is 13.4. The van der Waals surface area contributed by atoms with Crippen LogP contribution in [-0.2, 0) is 0 Å². The molecule has 0 aliphatic heterocycles. The molecule has 1 heterocycles. The number of nitrogens with one attached hydrogen (secondary N) is 1. The van der Waals surface area contributed by atoms with E-state index in [-0.39, 0.29) is 11.9 Å². The highest BCUT2D eigenvalue weighted by molar-refractivity contribution is 7.10. The van der Waals surface area contributed by atoms with Crippen LogP contribution in [0.25, 0.3) is 0 Å². The van der Waals surface area contributed by atoms with Gasteiger partial charge in [0.25, 0.3) is 0 Å². The van der Waals surface area contributed by atoms with E-state index in [0.29, 0.717) is 0 Å². The van der Waals surface area contributed by atoms with E-state index in [2.05, 4.69) is 5.32 Å². The van der Waals surface area contributed by atoms with Crippen molar-refractivity contribution in [2.45, 2.75) is 19.9 Å². The van der Waals surface area contributed by atoms with Gasteiger partial charge >= 0.3 is 0 Å². The molecule has 96 valence electrons. The Balaban J connectivity index is 2.51. The molecule has 2 aromatic rings. The third-order valence-corrected chi connectivity index (χ3v) is 4.81. The van der Waals surface area contributed by atoms with Crippen LogP contribution < -0.4 is 5.32 Å². The maximum Gasteiger partial charge on any atom is 0.123 e. The van der Waals surface area contributed by atoms with Gasteiger partial charge in [-0.3, -0.25) is 0 Å². The van der Waals surface area contributed by atoms with Crippen LogP contribution in [0.2, 0.25) is 5.02 Å². The SMILES string of the molecule is CNC(c1cc(F)ccc1C)c1scc(C)c1Cl. The highest BCUT2D eigenvalue weighted by atomic mass is 35.5. The van der Waals surface area contributed by atoms with E-state index in [4.69, 9.17) is 11.6 Å². The molecule has 0 radical (unpaired) electrons. The molecule has 0 spiro atoms. The Morgan fingerprint density at radius 1 is 1.28 bits per heavy atom. The van der Waals surface area contributed by atoms with Crippen molar-refractivity contribution in [2.24, 2.45) is 0 Å². The van der Waals surface area contributed by atoms with Gasteiger partial charge in [-0.1, -0.05) is 17.7 Å². The molecule has 0 bridgehead atoms. The molecular weight excluding hydrogens is 269 g/mol. The number of halogens is 2. The lowest BCUT2D eigenvalue weighted by molar-refractivity contribution is 0.616. The molecule has 1 aromatic heterocycles. The van der Waals surface area contributed by atoms with Gasteiger partial charge in [-0.05, 0) is 55.1 Å². The second kappa shape index (κ2) is 5.39. The summed E-state index contributed by atoms with van der Waals surface area (Å²) in [7, 11) is 1.86. The Morgan fingerprint density at radius 3 is 2.56 bits per heavy atom. The predicted molar refractivity (Wildman–Crippen MR) is 76.1 cm³/mol. The van der Waals surface area contributed by atoms with E-state index in [9.17, 15) is 4.39 Å². The predicted octanol–water partition coefficient (Wildman–Crippen LogP) is 4.47. The van der Waals surface area contributed by atoms with Gasteiger partial charge in [-0.2, -0.15) is 0 Å². The van der Waals surface area contributed by atoms with Gasteiger partial charge in [0.2, 0.25) is 0 Å². The minimum absolute atomic E-state index is 0.0631. The Kier molecular flexibility index (Phi) is 4.05. The smallest absolute Gasteiger partial charge is 0.123 e. The van der Waals surface area contributed by atoms with Crippen molar-refractivity contribution in [1.82, 2.24) is 5.32 Å². The van der Waals surface area contributed by atoms with Gasteiger partial charge < -0.3 is 5.32 Å². The molecule has 0 aliphatic carbocycles. The number of hydrogen-bond donors (Lipinski definition) is 1. The fourth-order valence-electron chi connectivity index (χ4n) is 1.99. The van der Waals surface area contributed by atoms with Crippen LogP contribution in [0.15, 0.2) is 23.6 Å². The molecule has 4 heteroatoms. The van der Waals surface area contributed by atoms with Gasteiger partial charge in [0.05, 0.1) is 11.1 Å². The zero-order valence-electron chi connectivity index (χ0n) is 10.6. The third-order valence-electron chi connectivity index (χ3n) is 3.03. The number of hydrogen-bond acceptors (Lipinski definition) is 2. The number of thiophene rings is 1. The maximum atomic E-state index is 13.4. The molecular formula is C14H15ClFNS. The summed E-state index contributed by atoms with van der Waals surface area (Å²) in [6, 6.07) is 4.78. The molecule has 1 unspecified atom stereocenters. The largest absolute Gasteiger partial charge is 0.309 e. The van der Waals surface area contributed by atoms with Crippen LogP contribution in [0.4, 0.5) is 4.39 Å². The van der Waals surface area contributed by atoms with Crippen LogP contribution >= 0.6 is 22.9 Å². The molecule has 0 aliphatic rings. The highest BCUT2D eigenvalue weighted by Gasteiger charge is 2.20. The molecule has 18 heavy (non-hydrogen) atoms. The second-order valence-electron chi connectivity index (χ2n) is 4.32. The van der Waals surface area contributed by atoms with E-state index < -0.39 is 0 Å². The van der Waals surface area contributed by atoms with E-state index in [0.717, 1.165) is 26.6 Å². The van der Waals surface area contributed by atoms with Gasteiger partial charge in [0, 0.05) is 4.88 Å². The van der Waals surface area contributed by atoms with E-state index >= 15 is 0 Å². The molecule has 0 saturated carbocycles. The average Bonchev–Trinajstić information content (AvgIpc) is 2.67. The van der Waals surface area contributed by atoms with E-state index in [1.807, 2.05) is 26.3 Å². The van der Waals surface area contributed by atoms with Crippen LogP contribution in [-0.4, -0.2) is 7.05 Å². The zero-order valence-corrected chi connectivity index (χ0v) is 12.1. The minimum Gasteiger partial charge on any atom is -0.309 e. The lowest BCUT2D eigenvalue weighted by Crippen LogP contribution is -2.18. The quantitative estimate of drug-likeness (QED) is 0.876. The summed E-state index contributed by atoms with van der Waals surface area (Å²) in [4.78, 5) is 1.03. The van der Waals surface area contributed by atoms with Crippen LogP contribution in [0.5, 0.6) is 0 Å². The van der Waals surface area contributed by atoms with E-state index in [1.54, 1.807) is 23.5 Å². The second-order valence-corrected chi connectivity index (χ2v) is 5.61. The average molecular weight is 284 g/mol. The lowest BCUT2D eigenvalue weighted by atomic mass is 9.99. The van der Waals surface area contributed by atoms with Gasteiger partial charge in [0.15, 0.2) is 0 Å². The number of benzene rings is 1. The lowest BCUT2D eigenvalue weighted by Gasteiger charge is -2.18. The van der Waals surface area contributed by atoms with Crippen molar-refractivity contribution in [1.29, 1.82) is 0 Å². The summed E-state index contributed by atoms with van der Waals surface area (Å²) >= 11 is 7.90. The number of aryl methyl sites for hydroxylation is 2. The van der Waals surface area contributed by atoms with Gasteiger partial charge in [0.1, 0.15) is 5.82 Å². The van der Waals surface area contributed by atoms with Crippen molar-refractivity contribution < 1.29 is 4.39 Å².